The molecule has 0 spiro atoms. The molecule has 0 atom stereocenters. The van der Waals surface area contributed by atoms with Gasteiger partial charge in [-0.15, -0.1) is 0 Å². The van der Waals surface area contributed by atoms with E-state index in [9.17, 15) is 14.9 Å². The van der Waals surface area contributed by atoms with E-state index in [0.717, 1.165) is 11.3 Å². The highest BCUT2D eigenvalue weighted by molar-refractivity contribution is 7.16. The molecule has 98 valence electrons. The monoisotopic (exact) mass is 271 g/mol. The van der Waals surface area contributed by atoms with Gasteiger partial charge in [0, 0.05) is 6.07 Å². The van der Waals surface area contributed by atoms with Crippen molar-refractivity contribution in [2.45, 2.75) is 26.4 Å². The average molecular weight is 271 g/mol. The molecule has 0 radical (unpaired) electrons. The zero-order chi connectivity index (χ0) is 13.8. The highest BCUT2D eigenvalue weighted by Crippen LogP contribution is 2.22. The molecule has 1 aromatic heterocycles. The molecule has 8 heteroatoms. The molecule has 0 bridgehead atoms. The first-order chi connectivity index (χ1) is 8.28. The number of carbonyl (C=O) groups is 1. The number of amides is 1. The minimum atomic E-state index is -0.676. The first-order valence-electron chi connectivity index (χ1n) is 5.04. The van der Waals surface area contributed by atoms with Crippen molar-refractivity contribution in [2.24, 2.45) is 5.10 Å². The maximum atomic E-state index is 11.2. The highest BCUT2D eigenvalue weighted by Gasteiger charge is 2.15. The first kappa shape index (κ1) is 14.1. The van der Waals surface area contributed by atoms with Crippen LogP contribution in [-0.2, 0) is 4.74 Å². The molecule has 0 unspecified atom stereocenters. The molecule has 1 N–H and O–H groups in total. The summed E-state index contributed by atoms with van der Waals surface area (Å²) in [6.07, 6.45) is 0.645. The normalized spacial score (nSPS) is 11.5. The summed E-state index contributed by atoms with van der Waals surface area (Å²) in [7, 11) is 0. The number of carbonyl (C=O) groups excluding carboxylic acids is 1. The summed E-state index contributed by atoms with van der Waals surface area (Å²) in [5.41, 5.74) is 1.58. The van der Waals surface area contributed by atoms with Crippen LogP contribution in [0.15, 0.2) is 17.2 Å². The van der Waals surface area contributed by atoms with Crippen LogP contribution in [0.25, 0.3) is 0 Å². The van der Waals surface area contributed by atoms with E-state index >= 15 is 0 Å². The number of hydrogen-bond donors (Lipinski definition) is 1. The summed E-state index contributed by atoms with van der Waals surface area (Å²) < 4.78 is 4.95. The summed E-state index contributed by atoms with van der Waals surface area (Å²) in [5, 5.41) is 14.1. The van der Waals surface area contributed by atoms with Crippen LogP contribution in [0.5, 0.6) is 0 Å². The van der Waals surface area contributed by atoms with Gasteiger partial charge in [0.1, 0.15) is 5.60 Å². The highest BCUT2D eigenvalue weighted by atomic mass is 32.1. The van der Waals surface area contributed by atoms with E-state index in [1.54, 1.807) is 26.8 Å². The zero-order valence-electron chi connectivity index (χ0n) is 10.2. The van der Waals surface area contributed by atoms with Crippen LogP contribution in [0.1, 0.15) is 25.6 Å². The summed E-state index contributed by atoms with van der Waals surface area (Å²) >= 11 is 0.965. The molecule has 1 heterocycles. The molecule has 1 amide bonds. The lowest BCUT2D eigenvalue weighted by Gasteiger charge is -2.18. The summed E-state index contributed by atoms with van der Waals surface area (Å²) in [4.78, 5) is 21.7. The van der Waals surface area contributed by atoms with E-state index in [1.165, 1.54) is 12.3 Å². The molecule has 18 heavy (non-hydrogen) atoms. The predicted molar refractivity (Wildman–Crippen MR) is 67.9 cm³/mol. The first-order valence-corrected chi connectivity index (χ1v) is 5.86. The van der Waals surface area contributed by atoms with Gasteiger partial charge in [-0.3, -0.25) is 10.1 Å². The SMILES string of the molecule is CC(C)(C)OC(=O)N/N=C/c1ccc([N+](=O)[O-])s1. The van der Waals surface area contributed by atoms with Crippen LogP contribution < -0.4 is 5.43 Å². The summed E-state index contributed by atoms with van der Waals surface area (Å²) in [6, 6.07) is 2.92. The molecule has 0 saturated carbocycles. The number of hydrogen-bond acceptors (Lipinski definition) is 6. The maximum absolute atomic E-state index is 11.2. The van der Waals surface area contributed by atoms with E-state index in [1.807, 2.05) is 0 Å². The zero-order valence-corrected chi connectivity index (χ0v) is 11.0. The molecule has 0 saturated heterocycles. The van der Waals surface area contributed by atoms with Gasteiger partial charge < -0.3 is 4.74 Å². The van der Waals surface area contributed by atoms with Gasteiger partial charge in [0.15, 0.2) is 0 Å². The van der Waals surface area contributed by atoms with Crippen molar-refractivity contribution in [3.05, 3.63) is 27.1 Å². The van der Waals surface area contributed by atoms with E-state index in [2.05, 4.69) is 10.5 Å². The third-order valence-corrected chi connectivity index (χ3v) is 2.51. The molecule has 1 rings (SSSR count). The van der Waals surface area contributed by atoms with E-state index < -0.39 is 16.6 Å². The van der Waals surface area contributed by atoms with Gasteiger partial charge in [0.2, 0.25) is 0 Å². The number of hydrazone groups is 1. The standard InChI is InChI=1S/C10H13N3O4S/c1-10(2,3)17-9(14)12-11-6-7-4-5-8(18-7)13(15)16/h4-6H,1-3H3,(H,12,14)/b11-6+. The molecule has 0 aliphatic carbocycles. The van der Waals surface area contributed by atoms with E-state index in [4.69, 9.17) is 4.74 Å². The Morgan fingerprint density at radius 2 is 2.22 bits per heavy atom. The molecular weight excluding hydrogens is 258 g/mol. The lowest BCUT2D eigenvalue weighted by atomic mass is 10.2. The van der Waals surface area contributed by atoms with Crippen molar-refractivity contribution in [1.82, 2.24) is 5.43 Å². The number of nitro groups is 1. The second kappa shape index (κ2) is 5.58. The van der Waals surface area contributed by atoms with Crippen molar-refractivity contribution in [2.75, 3.05) is 0 Å². The fraction of sp³-hybridized carbons (Fsp3) is 0.400. The average Bonchev–Trinajstić information content (AvgIpc) is 2.63. The Hall–Kier alpha value is -1.96. The van der Waals surface area contributed by atoms with E-state index in [0.29, 0.717) is 4.88 Å². The maximum Gasteiger partial charge on any atom is 0.428 e. The van der Waals surface area contributed by atoms with E-state index in [-0.39, 0.29) is 5.00 Å². The van der Waals surface area contributed by atoms with Gasteiger partial charge in [-0.2, -0.15) is 5.10 Å². The second-order valence-electron chi connectivity index (χ2n) is 4.31. The van der Waals surface area contributed by atoms with Crippen molar-refractivity contribution in [3.63, 3.8) is 0 Å². The van der Waals surface area contributed by atoms with Crippen LogP contribution in [0, 0.1) is 10.1 Å². The lowest BCUT2D eigenvalue weighted by molar-refractivity contribution is -0.380. The Morgan fingerprint density at radius 1 is 1.56 bits per heavy atom. The van der Waals surface area contributed by atoms with Crippen molar-refractivity contribution in [1.29, 1.82) is 0 Å². The van der Waals surface area contributed by atoms with Gasteiger partial charge in [-0.05, 0) is 26.8 Å². The number of rotatable bonds is 3. The minimum absolute atomic E-state index is 0.0220. The fourth-order valence-corrected chi connectivity index (χ4v) is 1.65. The van der Waals surface area contributed by atoms with Crippen LogP contribution in [0.2, 0.25) is 0 Å². The number of nitrogens with zero attached hydrogens (tertiary/aromatic N) is 2. The Morgan fingerprint density at radius 3 is 2.72 bits per heavy atom. The molecule has 0 fully saturated rings. The largest absolute Gasteiger partial charge is 0.443 e. The Balaban J connectivity index is 2.49. The van der Waals surface area contributed by atoms with Gasteiger partial charge in [-0.1, -0.05) is 11.3 Å². The third-order valence-electron chi connectivity index (χ3n) is 1.54. The van der Waals surface area contributed by atoms with Crippen LogP contribution in [-0.4, -0.2) is 22.8 Å². The quantitative estimate of drug-likeness (QED) is 0.519. The van der Waals surface area contributed by atoms with Crippen molar-refractivity contribution >= 4 is 28.6 Å². The molecule has 0 aromatic carbocycles. The Bertz CT molecular complexity index is 476. The van der Waals surface area contributed by atoms with Gasteiger partial charge >= 0.3 is 11.1 Å². The molecule has 7 nitrogen and oxygen atoms in total. The van der Waals surface area contributed by atoms with Crippen LogP contribution in [0.3, 0.4) is 0 Å². The van der Waals surface area contributed by atoms with Gasteiger partial charge in [-0.25, -0.2) is 10.2 Å². The van der Waals surface area contributed by atoms with Crippen molar-refractivity contribution in [3.8, 4) is 0 Å². The Kier molecular flexibility index (Phi) is 4.38. The summed E-state index contributed by atoms with van der Waals surface area (Å²) in [5.74, 6) is 0. The molecular formula is C10H13N3O4S. The van der Waals surface area contributed by atoms with Crippen LogP contribution in [0.4, 0.5) is 9.80 Å². The number of thiophene rings is 1. The topological polar surface area (TPSA) is 93.8 Å². The number of nitrogens with one attached hydrogen (secondary N) is 1. The molecule has 0 aliphatic rings. The molecule has 1 aromatic rings. The smallest absolute Gasteiger partial charge is 0.428 e. The van der Waals surface area contributed by atoms with Gasteiger partial charge in [0.25, 0.3) is 0 Å². The van der Waals surface area contributed by atoms with Gasteiger partial charge in [0.05, 0.1) is 16.0 Å². The third kappa shape index (κ3) is 4.91. The molecule has 0 aliphatic heterocycles. The number of ether oxygens (including phenoxy) is 1. The second-order valence-corrected chi connectivity index (χ2v) is 5.40. The van der Waals surface area contributed by atoms with Crippen LogP contribution >= 0.6 is 11.3 Å². The predicted octanol–water partition coefficient (Wildman–Crippen LogP) is 2.51. The summed E-state index contributed by atoms with van der Waals surface area (Å²) in [6.45, 7) is 5.21. The fourth-order valence-electron chi connectivity index (χ4n) is 0.959. The van der Waals surface area contributed by atoms with Crippen molar-refractivity contribution < 1.29 is 14.5 Å². The minimum Gasteiger partial charge on any atom is -0.443 e. The lowest BCUT2D eigenvalue weighted by Crippen LogP contribution is -2.29. The Labute approximate surface area is 108 Å².